The van der Waals surface area contributed by atoms with Crippen LogP contribution in [0.25, 0.3) is 5.52 Å². The molecule has 0 spiro atoms. The summed E-state index contributed by atoms with van der Waals surface area (Å²) >= 11 is 0. The lowest BCUT2D eigenvalue weighted by atomic mass is 9.92. The second-order valence-electron chi connectivity index (χ2n) is 5.11. The second-order valence-corrected chi connectivity index (χ2v) is 5.11. The molecule has 20 heavy (non-hydrogen) atoms. The van der Waals surface area contributed by atoms with Crippen LogP contribution in [0.15, 0.2) is 24.4 Å². The summed E-state index contributed by atoms with van der Waals surface area (Å²) in [7, 11) is 0. The molecule has 0 saturated heterocycles. The summed E-state index contributed by atoms with van der Waals surface area (Å²) in [6, 6.07) is 5.35. The molecule has 0 atom stereocenters. The van der Waals surface area contributed by atoms with Gasteiger partial charge in [-0.15, -0.1) is 0 Å². The summed E-state index contributed by atoms with van der Waals surface area (Å²) in [6.07, 6.45) is 1.80. The van der Waals surface area contributed by atoms with Crippen LogP contribution < -0.4 is 0 Å². The highest BCUT2D eigenvalue weighted by Crippen LogP contribution is 2.23. The van der Waals surface area contributed by atoms with Gasteiger partial charge >= 0.3 is 0 Å². The molecule has 0 aliphatic heterocycles. The monoisotopic (exact) mass is 271 g/mol. The van der Waals surface area contributed by atoms with E-state index in [4.69, 9.17) is 0 Å². The Balaban J connectivity index is 2.62. The van der Waals surface area contributed by atoms with Gasteiger partial charge in [0.1, 0.15) is 17.5 Å². The normalized spacial score (nSPS) is 11.1. The van der Waals surface area contributed by atoms with Crippen LogP contribution in [0, 0.1) is 6.92 Å². The van der Waals surface area contributed by atoms with Gasteiger partial charge < -0.3 is 4.40 Å². The lowest BCUT2D eigenvalue weighted by molar-refractivity contribution is -0.126. The van der Waals surface area contributed by atoms with Gasteiger partial charge in [-0.05, 0) is 51.5 Å². The van der Waals surface area contributed by atoms with E-state index < -0.39 is 5.92 Å². The van der Waals surface area contributed by atoms with E-state index in [-0.39, 0.29) is 17.3 Å². The average molecular weight is 271 g/mol. The van der Waals surface area contributed by atoms with E-state index in [2.05, 4.69) is 0 Å². The van der Waals surface area contributed by atoms with E-state index in [0.29, 0.717) is 11.1 Å². The van der Waals surface area contributed by atoms with Crippen LogP contribution in [0.4, 0.5) is 0 Å². The third kappa shape index (κ3) is 2.29. The molecule has 0 amide bonds. The number of pyridine rings is 1. The first-order chi connectivity index (χ1) is 9.32. The van der Waals surface area contributed by atoms with Gasteiger partial charge in [0, 0.05) is 23.0 Å². The van der Waals surface area contributed by atoms with Crippen molar-refractivity contribution in [3.8, 4) is 0 Å². The van der Waals surface area contributed by atoms with Gasteiger partial charge in [-0.25, -0.2) is 0 Å². The highest BCUT2D eigenvalue weighted by molar-refractivity contribution is 6.06. The number of carbonyl (C=O) groups excluding carboxylic acids is 3. The van der Waals surface area contributed by atoms with Crippen molar-refractivity contribution < 1.29 is 14.4 Å². The zero-order chi connectivity index (χ0) is 15.0. The van der Waals surface area contributed by atoms with E-state index in [0.717, 1.165) is 11.2 Å². The molecule has 0 N–H and O–H groups in total. The maximum absolute atomic E-state index is 11.6. The van der Waals surface area contributed by atoms with E-state index >= 15 is 0 Å². The number of Topliss-reactive ketones (excluding diaryl/α,β-unsaturated/α-hetero) is 3. The molecular formula is C16H17NO3. The number of carbonyl (C=O) groups is 3. The van der Waals surface area contributed by atoms with Crippen LogP contribution in [-0.4, -0.2) is 21.8 Å². The molecule has 0 saturated carbocycles. The van der Waals surface area contributed by atoms with Gasteiger partial charge in [-0.3, -0.25) is 14.4 Å². The molecule has 0 unspecified atom stereocenters. The Bertz CT molecular complexity index is 711. The van der Waals surface area contributed by atoms with Gasteiger partial charge in [0.2, 0.25) is 0 Å². The van der Waals surface area contributed by atoms with E-state index in [9.17, 15) is 14.4 Å². The summed E-state index contributed by atoms with van der Waals surface area (Å²) in [4.78, 5) is 34.8. The summed E-state index contributed by atoms with van der Waals surface area (Å²) in [5, 5.41) is 0. The molecule has 2 heterocycles. The third-order valence-electron chi connectivity index (χ3n) is 3.58. The quantitative estimate of drug-likeness (QED) is 0.634. The lowest BCUT2D eigenvalue weighted by Gasteiger charge is -2.11. The number of fused-ring (bicyclic) bond motifs is 1. The van der Waals surface area contributed by atoms with Crippen LogP contribution in [0.5, 0.6) is 0 Å². The van der Waals surface area contributed by atoms with Crippen molar-refractivity contribution in [2.45, 2.75) is 33.6 Å². The highest BCUT2D eigenvalue weighted by Gasteiger charge is 2.22. The molecule has 4 heteroatoms. The molecule has 0 fully saturated rings. The molecule has 2 aromatic rings. The molecule has 0 bridgehead atoms. The Labute approximate surface area is 117 Å². The molecule has 2 aromatic heterocycles. The van der Waals surface area contributed by atoms with Gasteiger partial charge in [-0.1, -0.05) is 0 Å². The van der Waals surface area contributed by atoms with Crippen molar-refractivity contribution >= 4 is 22.9 Å². The predicted molar refractivity (Wildman–Crippen MR) is 76.2 cm³/mol. The van der Waals surface area contributed by atoms with E-state index in [1.807, 2.05) is 11.3 Å². The standard InChI is InChI=1S/C16H17NO3/c1-9-15(10(2)18)8-14-7-13(5-6-17(9)14)16(11(3)19)12(4)20/h5-8,16H,1-4H3. The molecule has 0 aliphatic carbocycles. The summed E-state index contributed by atoms with van der Waals surface area (Å²) in [5.74, 6) is -1.06. The Morgan fingerprint density at radius 3 is 2.15 bits per heavy atom. The number of rotatable bonds is 4. The minimum absolute atomic E-state index is 0.00226. The smallest absolute Gasteiger partial charge is 0.161 e. The second kappa shape index (κ2) is 5.04. The first-order valence-electron chi connectivity index (χ1n) is 6.46. The van der Waals surface area contributed by atoms with E-state index in [1.54, 1.807) is 24.4 Å². The first kappa shape index (κ1) is 14.2. The maximum Gasteiger partial charge on any atom is 0.161 e. The van der Waals surface area contributed by atoms with Gasteiger partial charge in [0.15, 0.2) is 5.78 Å². The fourth-order valence-electron chi connectivity index (χ4n) is 2.63. The Hall–Kier alpha value is -2.23. The van der Waals surface area contributed by atoms with Gasteiger partial charge in [-0.2, -0.15) is 0 Å². The highest BCUT2D eigenvalue weighted by atomic mass is 16.1. The Morgan fingerprint density at radius 1 is 1.05 bits per heavy atom. The molecular weight excluding hydrogens is 254 g/mol. The van der Waals surface area contributed by atoms with Crippen LogP contribution in [0.2, 0.25) is 0 Å². The summed E-state index contributed by atoms with van der Waals surface area (Å²) in [6.45, 7) is 6.23. The van der Waals surface area contributed by atoms with Gasteiger partial charge in [0.05, 0.1) is 0 Å². The number of nitrogens with zero attached hydrogens (tertiary/aromatic N) is 1. The van der Waals surface area contributed by atoms with Crippen molar-refractivity contribution in [3.05, 3.63) is 41.2 Å². The SMILES string of the molecule is CC(=O)c1cc2cc(C(C(C)=O)C(C)=O)ccn2c1C. The summed E-state index contributed by atoms with van der Waals surface area (Å²) in [5.41, 5.74) is 3.01. The molecule has 104 valence electrons. The number of aryl methyl sites for hydroxylation is 1. The lowest BCUT2D eigenvalue weighted by Crippen LogP contribution is -2.17. The molecule has 0 aliphatic rings. The van der Waals surface area contributed by atoms with Crippen LogP contribution in [0.1, 0.15) is 48.3 Å². The molecule has 0 radical (unpaired) electrons. The number of aromatic nitrogens is 1. The molecule has 0 aromatic carbocycles. The third-order valence-corrected chi connectivity index (χ3v) is 3.58. The van der Waals surface area contributed by atoms with Crippen LogP contribution in [0.3, 0.4) is 0 Å². The zero-order valence-corrected chi connectivity index (χ0v) is 12.1. The zero-order valence-electron chi connectivity index (χ0n) is 12.1. The van der Waals surface area contributed by atoms with E-state index in [1.165, 1.54) is 20.8 Å². The van der Waals surface area contributed by atoms with Crippen molar-refractivity contribution in [3.63, 3.8) is 0 Å². The van der Waals surface area contributed by atoms with Crippen molar-refractivity contribution in [1.29, 1.82) is 0 Å². The average Bonchev–Trinajstić information content (AvgIpc) is 2.65. The molecule has 4 nitrogen and oxygen atoms in total. The topological polar surface area (TPSA) is 55.6 Å². The van der Waals surface area contributed by atoms with Crippen LogP contribution in [-0.2, 0) is 9.59 Å². The fourth-order valence-corrected chi connectivity index (χ4v) is 2.63. The number of hydrogen-bond acceptors (Lipinski definition) is 3. The van der Waals surface area contributed by atoms with Crippen molar-refractivity contribution in [2.75, 3.05) is 0 Å². The first-order valence-corrected chi connectivity index (χ1v) is 6.46. The largest absolute Gasteiger partial charge is 0.320 e. The summed E-state index contributed by atoms with van der Waals surface area (Å²) < 4.78 is 1.89. The van der Waals surface area contributed by atoms with Crippen LogP contribution >= 0.6 is 0 Å². The maximum atomic E-state index is 11.6. The fraction of sp³-hybridized carbons (Fsp3) is 0.312. The number of hydrogen-bond donors (Lipinski definition) is 0. The van der Waals surface area contributed by atoms with Crippen molar-refractivity contribution in [1.82, 2.24) is 4.40 Å². The minimum atomic E-state index is -0.726. The Kier molecular flexibility index (Phi) is 3.57. The number of ketones is 3. The van der Waals surface area contributed by atoms with Crippen molar-refractivity contribution in [2.24, 2.45) is 0 Å². The Morgan fingerprint density at radius 2 is 1.65 bits per heavy atom. The predicted octanol–water partition coefficient (Wildman–Crippen LogP) is 2.71. The van der Waals surface area contributed by atoms with Gasteiger partial charge in [0.25, 0.3) is 0 Å². The molecule has 2 rings (SSSR count). The minimum Gasteiger partial charge on any atom is -0.320 e.